The van der Waals surface area contributed by atoms with Crippen LogP contribution in [0.4, 0.5) is 5.69 Å². The summed E-state index contributed by atoms with van der Waals surface area (Å²) in [5, 5.41) is 1.80. The number of hydrazine groups is 1. The summed E-state index contributed by atoms with van der Waals surface area (Å²) in [6.07, 6.45) is 0.964. The Kier molecular flexibility index (Phi) is 5.69. The van der Waals surface area contributed by atoms with Crippen molar-refractivity contribution in [2.75, 3.05) is 11.6 Å². The van der Waals surface area contributed by atoms with Crippen LogP contribution in [-0.4, -0.2) is 6.54 Å². The summed E-state index contributed by atoms with van der Waals surface area (Å²) >= 11 is 0. The predicted molar refractivity (Wildman–Crippen MR) is 80.1 cm³/mol. The Hall–Kier alpha value is -1.51. The van der Waals surface area contributed by atoms with Crippen LogP contribution in [0.15, 0.2) is 54.6 Å². The topological polar surface area (TPSA) is 29.3 Å². The minimum atomic E-state index is 0. The van der Waals surface area contributed by atoms with Gasteiger partial charge in [0.2, 0.25) is 0 Å². The van der Waals surface area contributed by atoms with E-state index in [-0.39, 0.29) is 12.4 Å². The molecule has 0 aliphatic heterocycles. The number of benzene rings is 2. The van der Waals surface area contributed by atoms with Crippen LogP contribution < -0.4 is 10.9 Å². The molecule has 0 amide bonds. The summed E-state index contributed by atoms with van der Waals surface area (Å²) in [7, 11) is 0. The summed E-state index contributed by atoms with van der Waals surface area (Å²) in [5.41, 5.74) is 3.63. The quantitative estimate of drug-likeness (QED) is 0.676. The zero-order chi connectivity index (χ0) is 12.1. The van der Waals surface area contributed by atoms with Crippen LogP contribution >= 0.6 is 12.4 Å². The van der Waals surface area contributed by atoms with Gasteiger partial charge in [0.1, 0.15) is 0 Å². The Bertz CT molecular complexity index is 454. The van der Waals surface area contributed by atoms with E-state index in [4.69, 9.17) is 5.84 Å². The van der Waals surface area contributed by atoms with Gasteiger partial charge in [-0.3, -0.25) is 0 Å². The van der Waals surface area contributed by atoms with E-state index in [1.54, 1.807) is 5.01 Å². The summed E-state index contributed by atoms with van der Waals surface area (Å²) in [5.74, 6) is 6.03. The van der Waals surface area contributed by atoms with Gasteiger partial charge in [-0.15, -0.1) is 12.4 Å². The molecule has 0 heterocycles. The first-order chi connectivity index (χ1) is 8.25. The van der Waals surface area contributed by atoms with Gasteiger partial charge in [0.25, 0.3) is 0 Å². The fourth-order valence-electron chi connectivity index (χ4n) is 1.76. The van der Waals surface area contributed by atoms with E-state index >= 15 is 0 Å². The van der Waals surface area contributed by atoms with Crippen molar-refractivity contribution < 1.29 is 0 Å². The zero-order valence-corrected chi connectivity index (χ0v) is 11.4. The lowest BCUT2D eigenvalue weighted by Crippen LogP contribution is -2.32. The fourth-order valence-corrected chi connectivity index (χ4v) is 1.76. The highest BCUT2D eigenvalue weighted by Crippen LogP contribution is 2.12. The molecule has 0 radical (unpaired) electrons. The maximum atomic E-state index is 6.03. The Morgan fingerprint density at radius 3 is 2.17 bits per heavy atom. The van der Waals surface area contributed by atoms with Crippen molar-refractivity contribution in [3.63, 3.8) is 0 Å². The van der Waals surface area contributed by atoms with Gasteiger partial charge >= 0.3 is 0 Å². The molecule has 0 aromatic heterocycles. The molecular formula is C15H19ClN2. The van der Waals surface area contributed by atoms with Crippen molar-refractivity contribution in [3.8, 4) is 0 Å². The Morgan fingerprint density at radius 1 is 0.944 bits per heavy atom. The Labute approximate surface area is 115 Å². The normalized spacial score (nSPS) is 9.67. The van der Waals surface area contributed by atoms with Crippen LogP contribution in [0.1, 0.15) is 11.1 Å². The summed E-state index contributed by atoms with van der Waals surface area (Å²) in [4.78, 5) is 0. The average molecular weight is 263 g/mol. The smallest absolute Gasteiger partial charge is 0.0517 e. The van der Waals surface area contributed by atoms with Crippen LogP contribution in [0.3, 0.4) is 0 Å². The Balaban J connectivity index is 0.00000162. The summed E-state index contributed by atoms with van der Waals surface area (Å²) < 4.78 is 0. The van der Waals surface area contributed by atoms with Gasteiger partial charge in [0.05, 0.1) is 5.69 Å². The SMILES string of the molecule is Cc1ccc(N(N)CCc2ccccc2)cc1.Cl. The van der Waals surface area contributed by atoms with Gasteiger partial charge < -0.3 is 5.01 Å². The molecule has 2 rings (SSSR count). The number of hydrogen-bond donors (Lipinski definition) is 1. The zero-order valence-electron chi connectivity index (χ0n) is 10.5. The molecule has 2 N–H and O–H groups in total. The molecule has 0 saturated heterocycles. The number of rotatable bonds is 4. The minimum absolute atomic E-state index is 0. The molecule has 2 nitrogen and oxygen atoms in total. The molecule has 0 atom stereocenters. The van der Waals surface area contributed by atoms with Crippen LogP contribution in [0, 0.1) is 6.92 Å². The van der Waals surface area contributed by atoms with E-state index in [2.05, 4.69) is 55.5 Å². The molecule has 0 fully saturated rings. The summed E-state index contributed by atoms with van der Waals surface area (Å²) in [6.45, 7) is 2.90. The Morgan fingerprint density at radius 2 is 1.56 bits per heavy atom. The molecule has 0 aliphatic rings. The molecule has 3 heteroatoms. The van der Waals surface area contributed by atoms with Gasteiger partial charge in [-0.25, -0.2) is 5.84 Å². The van der Waals surface area contributed by atoms with Gasteiger partial charge in [-0.1, -0.05) is 48.0 Å². The van der Waals surface area contributed by atoms with Crippen molar-refractivity contribution in [1.29, 1.82) is 0 Å². The molecule has 18 heavy (non-hydrogen) atoms. The number of aryl methyl sites for hydroxylation is 1. The number of nitrogens with zero attached hydrogens (tertiary/aromatic N) is 1. The van der Waals surface area contributed by atoms with E-state index in [0.717, 1.165) is 18.7 Å². The third-order valence-corrected chi connectivity index (χ3v) is 2.85. The molecule has 0 spiro atoms. The lowest BCUT2D eigenvalue weighted by atomic mass is 10.1. The molecular weight excluding hydrogens is 244 g/mol. The third-order valence-electron chi connectivity index (χ3n) is 2.85. The number of anilines is 1. The molecule has 96 valence electrons. The maximum Gasteiger partial charge on any atom is 0.0517 e. The van der Waals surface area contributed by atoms with Crippen LogP contribution in [0.25, 0.3) is 0 Å². The molecule has 0 aliphatic carbocycles. The van der Waals surface area contributed by atoms with Crippen LogP contribution in [0.5, 0.6) is 0 Å². The number of halogens is 1. The number of nitrogens with two attached hydrogens (primary N) is 1. The monoisotopic (exact) mass is 262 g/mol. The molecule has 0 unspecified atom stereocenters. The van der Waals surface area contributed by atoms with Crippen LogP contribution in [-0.2, 0) is 6.42 Å². The number of hydrogen-bond acceptors (Lipinski definition) is 2. The standard InChI is InChI=1S/C15H18N2.ClH/c1-13-7-9-15(10-8-13)17(16)12-11-14-5-3-2-4-6-14;/h2-10H,11-12,16H2,1H3;1H. The molecule has 0 bridgehead atoms. The molecule has 2 aromatic rings. The van der Waals surface area contributed by atoms with Crippen molar-refractivity contribution >= 4 is 18.1 Å². The van der Waals surface area contributed by atoms with E-state index in [9.17, 15) is 0 Å². The van der Waals surface area contributed by atoms with Gasteiger partial charge in [0.15, 0.2) is 0 Å². The highest BCUT2D eigenvalue weighted by atomic mass is 35.5. The van der Waals surface area contributed by atoms with Gasteiger partial charge in [-0.05, 0) is 31.0 Å². The first kappa shape index (κ1) is 14.6. The maximum absolute atomic E-state index is 6.03. The molecule has 2 aromatic carbocycles. The predicted octanol–water partition coefficient (Wildman–Crippen LogP) is 3.34. The largest absolute Gasteiger partial charge is 0.311 e. The van der Waals surface area contributed by atoms with Crippen molar-refractivity contribution in [1.82, 2.24) is 0 Å². The van der Waals surface area contributed by atoms with E-state index in [1.807, 2.05) is 6.07 Å². The second kappa shape index (κ2) is 7.04. The fraction of sp³-hybridized carbons (Fsp3) is 0.200. The first-order valence-electron chi connectivity index (χ1n) is 5.88. The van der Waals surface area contributed by atoms with E-state index in [1.165, 1.54) is 11.1 Å². The lowest BCUT2D eigenvalue weighted by Gasteiger charge is -2.18. The minimum Gasteiger partial charge on any atom is -0.311 e. The summed E-state index contributed by atoms with van der Waals surface area (Å²) in [6, 6.07) is 18.7. The highest BCUT2D eigenvalue weighted by Gasteiger charge is 2.01. The van der Waals surface area contributed by atoms with Gasteiger partial charge in [-0.2, -0.15) is 0 Å². The van der Waals surface area contributed by atoms with E-state index in [0.29, 0.717) is 0 Å². The van der Waals surface area contributed by atoms with Crippen LogP contribution in [0.2, 0.25) is 0 Å². The van der Waals surface area contributed by atoms with Crippen molar-refractivity contribution in [2.24, 2.45) is 5.84 Å². The van der Waals surface area contributed by atoms with Gasteiger partial charge in [0, 0.05) is 6.54 Å². The van der Waals surface area contributed by atoms with E-state index < -0.39 is 0 Å². The average Bonchev–Trinajstić information content (AvgIpc) is 2.38. The molecule has 0 saturated carbocycles. The third kappa shape index (κ3) is 4.06. The second-order valence-corrected chi connectivity index (χ2v) is 4.26. The first-order valence-corrected chi connectivity index (χ1v) is 5.88. The van der Waals surface area contributed by atoms with Crippen molar-refractivity contribution in [3.05, 3.63) is 65.7 Å². The lowest BCUT2D eigenvalue weighted by molar-refractivity contribution is 0.824. The second-order valence-electron chi connectivity index (χ2n) is 4.26. The van der Waals surface area contributed by atoms with Crippen molar-refractivity contribution in [2.45, 2.75) is 13.3 Å². The highest BCUT2D eigenvalue weighted by molar-refractivity contribution is 5.85.